The van der Waals surface area contributed by atoms with Crippen LogP contribution in [-0.2, 0) is 10.3 Å². The van der Waals surface area contributed by atoms with Crippen LogP contribution in [0.4, 0.5) is 0 Å². The number of hydrogen-bond acceptors (Lipinski definition) is 1. The highest BCUT2D eigenvalue weighted by Crippen LogP contribution is 2.45. The molecule has 0 saturated carbocycles. The summed E-state index contributed by atoms with van der Waals surface area (Å²) in [4.78, 5) is 0. The SMILES string of the molecule is C[Si](C)(C)CC1(c2ccc(Cl)cc2)CO1. The Labute approximate surface area is 97.4 Å². The Hall–Kier alpha value is -0.313. The third kappa shape index (κ3) is 2.62. The number of hydrogen-bond donors (Lipinski definition) is 0. The summed E-state index contributed by atoms with van der Waals surface area (Å²) in [5.41, 5.74) is 1.31. The summed E-state index contributed by atoms with van der Waals surface area (Å²) in [7, 11) is -1.08. The van der Waals surface area contributed by atoms with Crippen molar-refractivity contribution < 1.29 is 4.74 Å². The van der Waals surface area contributed by atoms with Gasteiger partial charge in [-0.25, -0.2) is 0 Å². The van der Waals surface area contributed by atoms with E-state index in [2.05, 4.69) is 31.8 Å². The van der Waals surface area contributed by atoms with Gasteiger partial charge in [-0.3, -0.25) is 0 Å². The largest absolute Gasteiger partial charge is 0.365 e. The summed E-state index contributed by atoms with van der Waals surface area (Å²) in [5, 5.41) is 0.794. The second kappa shape index (κ2) is 3.61. The molecule has 0 radical (unpaired) electrons. The zero-order chi connectivity index (χ0) is 11.1. The summed E-state index contributed by atoms with van der Waals surface area (Å²) in [6, 6.07) is 9.28. The van der Waals surface area contributed by atoms with E-state index in [1.54, 1.807) is 0 Å². The molecule has 1 aromatic rings. The van der Waals surface area contributed by atoms with E-state index in [1.807, 2.05) is 12.1 Å². The molecule has 0 N–H and O–H groups in total. The molecule has 1 atom stereocenters. The molecule has 1 aliphatic heterocycles. The highest BCUT2D eigenvalue weighted by molar-refractivity contribution is 6.76. The minimum absolute atomic E-state index is 0.0229. The second-order valence-electron chi connectivity index (χ2n) is 5.53. The fraction of sp³-hybridized carbons (Fsp3) is 0.500. The fourth-order valence-electron chi connectivity index (χ4n) is 2.07. The third-order valence-electron chi connectivity index (χ3n) is 2.68. The molecule has 1 aromatic carbocycles. The molecule has 0 amide bonds. The van der Waals surface area contributed by atoms with Gasteiger partial charge in [0.1, 0.15) is 5.60 Å². The standard InChI is InChI=1S/C12H17ClOSi/c1-15(2,3)9-12(8-14-12)10-4-6-11(13)7-5-10/h4-7H,8-9H2,1-3H3. The maximum atomic E-state index is 5.88. The van der Waals surface area contributed by atoms with Crippen LogP contribution in [0.1, 0.15) is 5.56 Å². The lowest BCUT2D eigenvalue weighted by Crippen LogP contribution is -2.27. The van der Waals surface area contributed by atoms with Crippen molar-refractivity contribution in [1.29, 1.82) is 0 Å². The van der Waals surface area contributed by atoms with Crippen molar-refractivity contribution in [3.05, 3.63) is 34.9 Å². The second-order valence-corrected chi connectivity index (χ2v) is 11.4. The van der Waals surface area contributed by atoms with Crippen LogP contribution in [0.25, 0.3) is 0 Å². The number of epoxide rings is 1. The van der Waals surface area contributed by atoms with Gasteiger partial charge in [-0.15, -0.1) is 0 Å². The zero-order valence-electron chi connectivity index (χ0n) is 9.51. The third-order valence-corrected chi connectivity index (χ3v) is 4.56. The molecule has 1 heterocycles. The first-order chi connectivity index (χ1) is 6.91. The predicted molar refractivity (Wildman–Crippen MR) is 67.2 cm³/mol. The summed E-state index contributed by atoms with van der Waals surface area (Å²) >= 11 is 5.88. The van der Waals surface area contributed by atoms with E-state index in [0.717, 1.165) is 11.6 Å². The van der Waals surface area contributed by atoms with Gasteiger partial charge in [-0.2, -0.15) is 0 Å². The first kappa shape index (κ1) is 11.2. The summed E-state index contributed by atoms with van der Waals surface area (Å²) in [6.45, 7) is 8.02. The quantitative estimate of drug-likeness (QED) is 0.577. The van der Waals surface area contributed by atoms with E-state index in [9.17, 15) is 0 Å². The lowest BCUT2D eigenvalue weighted by molar-refractivity contribution is 0.327. The molecule has 0 spiro atoms. The van der Waals surface area contributed by atoms with Crippen LogP contribution in [0, 0.1) is 0 Å². The molecule has 82 valence electrons. The molecule has 0 bridgehead atoms. The molecule has 2 rings (SSSR count). The Balaban J connectivity index is 2.20. The van der Waals surface area contributed by atoms with Crippen LogP contribution >= 0.6 is 11.6 Å². The van der Waals surface area contributed by atoms with Crippen molar-refractivity contribution in [2.24, 2.45) is 0 Å². The molecule has 0 aliphatic carbocycles. The molecule has 3 heteroatoms. The van der Waals surface area contributed by atoms with Crippen molar-refractivity contribution >= 4 is 19.7 Å². The molecular formula is C12H17ClOSi. The first-order valence-electron chi connectivity index (χ1n) is 5.31. The van der Waals surface area contributed by atoms with Gasteiger partial charge in [0.05, 0.1) is 6.61 Å². The summed E-state index contributed by atoms with van der Waals surface area (Å²) in [5.74, 6) is 0. The van der Waals surface area contributed by atoms with Crippen LogP contribution in [0.15, 0.2) is 24.3 Å². The highest BCUT2D eigenvalue weighted by Gasteiger charge is 2.48. The molecular weight excluding hydrogens is 224 g/mol. The maximum absolute atomic E-state index is 5.88. The van der Waals surface area contributed by atoms with Gasteiger partial charge in [0.2, 0.25) is 0 Å². The van der Waals surface area contributed by atoms with E-state index >= 15 is 0 Å². The van der Waals surface area contributed by atoms with Gasteiger partial charge >= 0.3 is 0 Å². The van der Waals surface area contributed by atoms with E-state index < -0.39 is 8.07 Å². The summed E-state index contributed by atoms with van der Waals surface area (Å²) in [6.07, 6.45) is 0. The Morgan fingerprint density at radius 2 is 1.80 bits per heavy atom. The van der Waals surface area contributed by atoms with E-state index in [1.165, 1.54) is 11.6 Å². The summed E-state index contributed by atoms with van der Waals surface area (Å²) < 4.78 is 5.69. The van der Waals surface area contributed by atoms with Gasteiger partial charge in [0.15, 0.2) is 0 Å². The lowest BCUT2D eigenvalue weighted by Gasteiger charge is -2.21. The van der Waals surface area contributed by atoms with Crippen LogP contribution in [-0.4, -0.2) is 14.7 Å². The van der Waals surface area contributed by atoms with Gasteiger partial charge < -0.3 is 4.74 Å². The van der Waals surface area contributed by atoms with E-state index in [4.69, 9.17) is 16.3 Å². The Morgan fingerprint density at radius 1 is 1.27 bits per heavy atom. The minimum atomic E-state index is -1.08. The number of ether oxygens (including phenoxy) is 1. The topological polar surface area (TPSA) is 12.5 Å². The van der Waals surface area contributed by atoms with Crippen LogP contribution < -0.4 is 0 Å². The normalized spacial score (nSPS) is 25.3. The van der Waals surface area contributed by atoms with Crippen molar-refractivity contribution in [1.82, 2.24) is 0 Å². The number of halogens is 1. The van der Waals surface area contributed by atoms with E-state index in [0.29, 0.717) is 0 Å². The van der Waals surface area contributed by atoms with Crippen molar-refractivity contribution in [2.75, 3.05) is 6.61 Å². The van der Waals surface area contributed by atoms with Gasteiger partial charge in [0.25, 0.3) is 0 Å². The molecule has 15 heavy (non-hydrogen) atoms. The molecule has 1 nitrogen and oxygen atoms in total. The van der Waals surface area contributed by atoms with Crippen molar-refractivity contribution in [2.45, 2.75) is 31.3 Å². The maximum Gasteiger partial charge on any atom is 0.114 e. The van der Waals surface area contributed by atoms with Gasteiger partial charge in [-0.1, -0.05) is 43.4 Å². The number of benzene rings is 1. The van der Waals surface area contributed by atoms with Gasteiger partial charge in [-0.05, 0) is 23.7 Å². The molecule has 1 saturated heterocycles. The monoisotopic (exact) mass is 240 g/mol. The van der Waals surface area contributed by atoms with E-state index in [-0.39, 0.29) is 5.60 Å². The Kier molecular flexibility index (Phi) is 2.69. The zero-order valence-corrected chi connectivity index (χ0v) is 11.3. The van der Waals surface area contributed by atoms with Gasteiger partial charge in [0, 0.05) is 13.1 Å². The van der Waals surface area contributed by atoms with Crippen LogP contribution in [0.5, 0.6) is 0 Å². The predicted octanol–water partition coefficient (Wildman–Crippen LogP) is 3.90. The Morgan fingerprint density at radius 3 is 2.20 bits per heavy atom. The lowest BCUT2D eigenvalue weighted by atomic mass is 10.0. The number of rotatable bonds is 3. The molecule has 1 aliphatic rings. The van der Waals surface area contributed by atoms with Crippen LogP contribution in [0.2, 0.25) is 30.7 Å². The highest BCUT2D eigenvalue weighted by atomic mass is 35.5. The average molecular weight is 241 g/mol. The molecule has 1 fully saturated rings. The van der Waals surface area contributed by atoms with Crippen molar-refractivity contribution in [3.63, 3.8) is 0 Å². The fourth-order valence-corrected chi connectivity index (χ4v) is 4.32. The Bertz CT molecular complexity index is 349. The minimum Gasteiger partial charge on any atom is -0.365 e. The first-order valence-corrected chi connectivity index (χ1v) is 9.40. The van der Waals surface area contributed by atoms with Crippen molar-refractivity contribution in [3.8, 4) is 0 Å². The van der Waals surface area contributed by atoms with Crippen LogP contribution in [0.3, 0.4) is 0 Å². The smallest absolute Gasteiger partial charge is 0.114 e. The molecule has 1 unspecified atom stereocenters. The molecule has 0 aromatic heterocycles. The average Bonchev–Trinajstić information content (AvgIpc) is 2.83.